The van der Waals surface area contributed by atoms with Crippen LogP contribution in [0.15, 0.2) is 30.3 Å². The molecule has 0 spiro atoms. The molecule has 3 aliphatic heterocycles. The summed E-state index contributed by atoms with van der Waals surface area (Å²) in [6.45, 7) is 11.4. The maximum absolute atomic E-state index is 13.8. The molecule has 1 aromatic rings. The summed E-state index contributed by atoms with van der Waals surface area (Å²) < 4.78 is 0. The third kappa shape index (κ3) is 3.66. The van der Waals surface area contributed by atoms with Gasteiger partial charge < -0.3 is 10.6 Å². The van der Waals surface area contributed by atoms with Crippen molar-refractivity contribution >= 4 is 11.8 Å². The van der Waals surface area contributed by atoms with Crippen LogP contribution in [-0.4, -0.2) is 41.4 Å². The summed E-state index contributed by atoms with van der Waals surface area (Å²) in [5, 5.41) is 6.48. The molecule has 2 N–H and O–H groups in total. The molecule has 1 aliphatic carbocycles. The van der Waals surface area contributed by atoms with E-state index in [1.54, 1.807) is 0 Å². The number of nitrogens with zero attached hydrogens (tertiary/aromatic N) is 1. The fourth-order valence-electron chi connectivity index (χ4n) is 6.42. The lowest BCUT2D eigenvalue weighted by atomic mass is 9.52. The molecule has 5 rings (SSSR count). The number of amides is 2. The first kappa shape index (κ1) is 21.4. The Labute approximate surface area is 181 Å². The summed E-state index contributed by atoms with van der Waals surface area (Å²) in [4.78, 5) is 29.4. The van der Waals surface area contributed by atoms with Gasteiger partial charge >= 0.3 is 0 Å². The molecule has 1 saturated carbocycles. The molecule has 1 aromatic carbocycles. The normalized spacial score (nSPS) is 33.1. The van der Waals surface area contributed by atoms with Gasteiger partial charge in [0.15, 0.2) is 0 Å². The fraction of sp³-hybridized carbons (Fsp3) is 0.680. The molecule has 30 heavy (non-hydrogen) atoms. The van der Waals surface area contributed by atoms with Gasteiger partial charge in [-0.2, -0.15) is 0 Å². The second-order valence-corrected chi connectivity index (χ2v) is 10.5. The van der Waals surface area contributed by atoms with Crippen molar-refractivity contribution in [2.24, 2.45) is 29.6 Å². The highest BCUT2D eigenvalue weighted by Gasteiger charge is 2.67. The highest BCUT2D eigenvalue weighted by Crippen LogP contribution is 2.53. The molecule has 3 heterocycles. The first-order valence-corrected chi connectivity index (χ1v) is 11.7. The van der Waals surface area contributed by atoms with E-state index in [9.17, 15) is 9.59 Å². The van der Waals surface area contributed by atoms with E-state index in [0.29, 0.717) is 18.4 Å². The number of likely N-dealkylation sites (tertiary alicyclic amines) is 1. The van der Waals surface area contributed by atoms with Crippen LogP contribution in [0.5, 0.6) is 0 Å². The van der Waals surface area contributed by atoms with Crippen LogP contribution in [0.3, 0.4) is 0 Å². The van der Waals surface area contributed by atoms with Crippen LogP contribution in [0, 0.1) is 29.6 Å². The maximum atomic E-state index is 13.8. The largest absolute Gasteiger partial charge is 0.350 e. The maximum Gasteiger partial charge on any atom is 0.247 e. The van der Waals surface area contributed by atoms with Gasteiger partial charge in [0.25, 0.3) is 0 Å². The Morgan fingerprint density at radius 1 is 1.20 bits per heavy atom. The van der Waals surface area contributed by atoms with Crippen molar-refractivity contribution in [2.45, 2.75) is 65.1 Å². The van der Waals surface area contributed by atoms with Crippen molar-refractivity contribution in [3.63, 3.8) is 0 Å². The van der Waals surface area contributed by atoms with Crippen LogP contribution >= 0.6 is 0 Å². The molecular formula is C25H37N3O2. The zero-order valence-corrected chi connectivity index (χ0v) is 18.9. The SMILES string of the molecule is CC(C)C[C@@H]1C2C[C@H]3CCN(CC(C)C)[C@@H]1[C@@]3(C(=O)NCc1ccccc1)NC2=O. The monoisotopic (exact) mass is 411 g/mol. The minimum atomic E-state index is -0.798. The lowest BCUT2D eigenvalue weighted by Gasteiger charge is -2.64. The molecule has 4 fully saturated rings. The predicted octanol–water partition coefficient (Wildman–Crippen LogP) is 3.20. The van der Waals surface area contributed by atoms with Crippen molar-refractivity contribution in [2.75, 3.05) is 13.1 Å². The van der Waals surface area contributed by atoms with E-state index in [1.165, 1.54) is 0 Å². The zero-order chi connectivity index (χ0) is 21.5. The number of carbonyl (C=O) groups excluding carboxylic acids is 2. The standard InChI is InChI=1S/C25H37N3O2/c1-16(2)12-20-21-13-19-10-11-28(15-17(3)4)22(20)25(19,27-23(21)29)24(30)26-14-18-8-6-5-7-9-18/h5-9,16-17,19-22H,10-15H2,1-4H3,(H,26,30)(H,27,29)/t19-,20-,21?,22+,25+/m1/s1. The Kier molecular flexibility index (Phi) is 5.93. The van der Waals surface area contributed by atoms with E-state index in [-0.39, 0.29) is 35.6 Å². The second kappa shape index (κ2) is 8.33. The number of rotatable bonds is 7. The minimum absolute atomic E-state index is 0.00932. The summed E-state index contributed by atoms with van der Waals surface area (Å²) in [6, 6.07) is 10.1. The summed E-state index contributed by atoms with van der Waals surface area (Å²) >= 11 is 0. The summed E-state index contributed by atoms with van der Waals surface area (Å²) in [6.07, 6.45) is 2.83. The number of nitrogens with one attached hydrogen (secondary N) is 2. The first-order valence-electron chi connectivity index (χ1n) is 11.7. The highest BCUT2D eigenvalue weighted by molar-refractivity contribution is 5.96. The van der Waals surface area contributed by atoms with Gasteiger partial charge in [0.1, 0.15) is 5.54 Å². The number of hydrogen-bond acceptors (Lipinski definition) is 3. The van der Waals surface area contributed by atoms with Crippen molar-refractivity contribution in [3.8, 4) is 0 Å². The van der Waals surface area contributed by atoms with Crippen LogP contribution in [0.25, 0.3) is 0 Å². The molecule has 5 atom stereocenters. The number of benzene rings is 1. The predicted molar refractivity (Wildman–Crippen MR) is 119 cm³/mol. The van der Waals surface area contributed by atoms with Crippen molar-refractivity contribution < 1.29 is 9.59 Å². The first-order chi connectivity index (χ1) is 14.3. The third-order valence-electron chi connectivity index (χ3n) is 7.41. The molecule has 4 aliphatic rings. The van der Waals surface area contributed by atoms with E-state index >= 15 is 0 Å². The molecule has 0 aromatic heterocycles. The van der Waals surface area contributed by atoms with Gasteiger partial charge in [-0.1, -0.05) is 58.0 Å². The number of carbonyl (C=O) groups is 2. The average Bonchev–Trinajstić information content (AvgIpc) is 2.69. The van der Waals surface area contributed by atoms with Crippen LogP contribution in [0.2, 0.25) is 0 Å². The topological polar surface area (TPSA) is 61.4 Å². The molecule has 164 valence electrons. The molecule has 1 unspecified atom stereocenters. The van der Waals surface area contributed by atoms with Gasteiger partial charge in [0.05, 0.1) is 0 Å². The lowest BCUT2D eigenvalue weighted by molar-refractivity contribution is -0.176. The Morgan fingerprint density at radius 2 is 1.93 bits per heavy atom. The molecule has 5 heteroatoms. The highest BCUT2D eigenvalue weighted by atomic mass is 16.2. The van der Waals surface area contributed by atoms with E-state index < -0.39 is 5.54 Å². The van der Waals surface area contributed by atoms with Crippen molar-refractivity contribution in [3.05, 3.63) is 35.9 Å². The van der Waals surface area contributed by atoms with Gasteiger partial charge in [-0.05, 0) is 55.0 Å². The van der Waals surface area contributed by atoms with E-state index in [0.717, 1.165) is 37.9 Å². The fourth-order valence-corrected chi connectivity index (χ4v) is 6.42. The van der Waals surface area contributed by atoms with Crippen molar-refractivity contribution in [1.82, 2.24) is 15.5 Å². The molecule has 4 bridgehead atoms. The van der Waals surface area contributed by atoms with Gasteiger partial charge in [0, 0.05) is 25.0 Å². The lowest BCUT2D eigenvalue weighted by Crippen LogP contribution is -2.84. The van der Waals surface area contributed by atoms with Crippen LogP contribution in [0.4, 0.5) is 0 Å². The minimum Gasteiger partial charge on any atom is -0.350 e. The summed E-state index contributed by atoms with van der Waals surface area (Å²) in [7, 11) is 0. The number of piperidine rings is 3. The van der Waals surface area contributed by atoms with E-state index in [2.05, 4.69) is 43.2 Å². The molecule has 3 saturated heterocycles. The molecule has 0 radical (unpaired) electrons. The van der Waals surface area contributed by atoms with Gasteiger partial charge in [-0.25, -0.2) is 0 Å². The zero-order valence-electron chi connectivity index (χ0n) is 18.9. The second-order valence-electron chi connectivity index (χ2n) is 10.5. The van der Waals surface area contributed by atoms with E-state index in [1.807, 2.05) is 30.3 Å². The summed E-state index contributed by atoms with van der Waals surface area (Å²) in [5.74, 6) is 1.66. The van der Waals surface area contributed by atoms with Gasteiger partial charge in [-0.15, -0.1) is 0 Å². The summed E-state index contributed by atoms with van der Waals surface area (Å²) in [5.41, 5.74) is 0.286. The molecular weight excluding hydrogens is 374 g/mol. The van der Waals surface area contributed by atoms with Crippen molar-refractivity contribution in [1.29, 1.82) is 0 Å². The van der Waals surface area contributed by atoms with Crippen LogP contribution in [0.1, 0.15) is 52.5 Å². The molecule has 5 nitrogen and oxygen atoms in total. The average molecular weight is 412 g/mol. The molecule has 2 amide bonds. The smallest absolute Gasteiger partial charge is 0.247 e. The van der Waals surface area contributed by atoms with Gasteiger partial charge in [-0.3, -0.25) is 14.5 Å². The van der Waals surface area contributed by atoms with Crippen LogP contribution < -0.4 is 10.6 Å². The van der Waals surface area contributed by atoms with Gasteiger partial charge in [0.2, 0.25) is 11.8 Å². The number of fused-ring (bicyclic) bond motifs is 1. The third-order valence-corrected chi connectivity index (χ3v) is 7.41. The Balaban J connectivity index is 1.67. The quantitative estimate of drug-likeness (QED) is 0.724. The number of hydrogen-bond donors (Lipinski definition) is 2. The Morgan fingerprint density at radius 3 is 2.60 bits per heavy atom. The van der Waals surface area contributed by atoms with E-state index in [4.69, 9.17) is 0 Å². The Bertz CT molecular complexity index is 778. The van der Waals surface area contributed by atoms with Crippen LogP contribution in [-0.2, 0) is 16.1 Å². The Hall–Kier alpha value is -1.88.